The van der Waals surface area contributed by atoms with Crippen molar-refractivity contribution in [3.05, 3.63) is 58.6 Å². The fourth-order valence-corrected chi connectivity index (χ4v) is 2.08. The number of rotatable bonds is 2. The molecule has 0 radical (unpaired) electrons. The first-order valence-corrected chi connectivity index (χ1v) is 5.64. The van der Waals surface area contributed by atoms with E-state index in [0.717, 1.165) is 21.7 Å². The second-order valence-corrected chi connectivity index (χ2v) is 4.30. The minimum absolute atomic E-state index is 0. The van der Waals surface area contributed by atoms with Gasteiger partial charge in [0.25, 0.3) is 0 Å². The monoisotopic (exact) mass is 267 g/mol. The first kappa shape index (κ1) is 14.0. The zero-order valence-electron chi connectivity index (χ0n) is 9.61. The van der Waals surface area contributed by atoms with E-state index in [0.29, 0.717) is 6.54 Å². The highest BCUT2D eigenvalue weighted by atomic mass is 35.5. The maximum absolute atomic E-state index is 6.18. The predicted octanol–water partition coefficient (Wildman–Crippen LogP) is 4.20. The van der Waals surface area contributed by atoms with Crippen molar-refractivity contribution in [3.8, 4) is 11.1 Å². The van der Waals surface area contributed by atoms with Gasteiger partial charge in [0.15, 0.2) is 0 Å². The van der Waals surface area contributed by atoms with E-state index in [1.807, 2.05) is 24.3 Å². The summed E-state index contributed by atoms with van der Waals surface area (Å²) in [6, 6.07) is 14.2. The molecule has 0 heterocycles. The molecule has 0 unspecified atom stereocenters. The summed E-state index contributed by atoms with van der Waals surface area (Å²) in [6.07, 6.45) is 0. The van der Waals surface area contributed by atoms with E-state index in [1.165, 1.54) is 5.56 Å². The molecular formula is C14H15Cl2N. The van der Waals surface area contributed by atoms with Crippen molar-refractivity contribution < 1.29 is 0 Å². The van der Waals surface area contributed by atoms with E-state index < -0.39 is 0 Å². The molecule has 0 aliphatic carbocycles. The Kier molecular flexibility index (Phi) is 5.01. The largest absolute Gasteiger partial charge is 0.326 e. The molecule has 3 heteroatoms. The number of hydrogen-bond donors (Lipinski definition) is 1. The molecule has 2 N–H and O–H groups in total. The molecule has 90 valence electrons. The number of aryl methyl sites for hydroxylation is 1. The molecule has 1 nitrogen and oxygen atoms in total. The second kappa shape index (κ2) is 6.06. The molecule has 0 spiro atoms. The van der Waals surface area contributed by atoms with Gasteiger partial charge in [-0.15, -0.1) is 12.4 Å². The molecule has 2 rings (SSSR count). The van der Waals surface area contributed by atoms with Crippen molar-refractivity contribution in [2.45, 2.75) is 13.5 Å². The molecule has 17 heavy (non-hydrogen) atoms. The number of halogens is 2. The van der Waals surface area contributed by atoms with Gasteiger partial charge < -0.3 is 5.73 Å². The lowest BCUT2D eigenvalue weighted by atomic mass is 10.0. The zero-order valence-corrected chi connectivity index (χ0v) is 11.2. The van der Waals surface area contributed by atoms with Gasteiger partial charge in [-0.25, -0.2) is 0 Å². The lowest BCUT2D eigenvalue weighted by Gasteiger charge is -2.08. The number of nitrogens with two attached hydrogens (primary N) is 1. The number of benzene rings is 2. The Hall–Kier alpha value is -1.02. The average molecular weight is 268 g/mol. The summed E-state index contributed by atoms with van der Waals surface area (Å²) in [6.45, 7) is 2.62. The highest BCUT2D eigenvalue weighted by Crippen LogP contribution is 2.28. The summed E-state index contributed by atoms with van der Waals surface area (Å²) in [5.41, 5.74) is 10.2. The minimum Gasteiger partial charge on any atom is -0.326 e. The summed E-state index contributed by atoms with van der Waals surface area (Å²) in [7, 11) is 0. The molecule has 2 aromatic carbocycles. The van der Waals surface area contributed by atoms with Crippen LogP contribution in [0, 0.1) is 6.92 Å². The van der Waals surface area contributed by atoms with Gasteiger partial charge >= 0.3 is 0 Å². The fourth-order valence-electron chi connectivity index (χ4n) is 1.83. The van der Waals surface area contributed by atoms with Crippen molar-refractivity contribution in [2.75, 3.05) is 0 Å². The zero-order chi connectivity index (χ0) is 11.5. The van der Waals surface area contributed by atoms with Crippen LogP contribution in [0.4, 0.5) is 0 Å². The summed E-state index contributed by atoms with van der Waals surface area (Å²) in [5.74, 6) is 0. The first-order valence-electron chi connectivity index (χ1n) is 5.26. The second-order valence-electron chi connectivity index (χ2n) is 3.89. The lowest BCUT2D eigenvalue weighted by Crippen LogP contribution is -1.97. The Morgan fingerprint density at radius 3 is 2.47 bits per heavy atom. The van der Waals surface area contributed by atoms with Gasteiger partial charge in [-0.05, 0) is 30.2 Å². The molecule has 0 aliphatic rings. The van der Waals surface area contributed by atoms with E-state index >= 15 is 0 Å². The molecule has 0 bridgehead atoms. The van der Waals surface area contributed by atoms with Gasteiger partial charge in [0.1, 0.15) is 0 Å². The van der Waals surface area contributed by atoms with Crippen molar-refractivity contribution in [3.63, 3.8) is 0 Å². The Morgan fingerprint density at radius 2 is 1.82 bits per heavy atom. The third-order valence-corrected chi connectivity index (χ3v) is 2.89. The normalized spacial score (nSPS) is 9.82. The van der Waals surface area contributed by atoms with Crippen LogP contribution in [0.2, 0.25) is 5.02 Å². The van der Waals surface area contributed by atoms with Crippen LogP contribution in [0.1, 0.15) is 11.1 Å². The smallest absolute Gasteiger partial charge is 0.0484 e. The average Bonchev–Trinajstić information content (AvgIpc) is 2.28. The summed E-state index contributed by atoms with van der Waals surface area (Å²) in [4.78, 5) is 0. The van der Waals surface area contributed by atoms with Crippen molar-refractivity contribution in [2.24, 2.45) is 5.73 Å². The third kappa shape index (κ3) is 3.22. The molecular weight excluding hydrogens is 253 g/mol. The quantitative estimate of drug-likeness (QED) is 0.868. The van der Waals surface area contributed by atoms with Crippen LogP contribution >= 0.6 is 24.0 Å². The van der Waals surface area contributed by atoms with Crippen LogP contribution < -0.4 is 5.73 Å². The van der Waals surface area contributed by atoms with Gasteiger partial charge in [0, 0.05) is 17.1 Å². The maximum Gasteiger partial charge on any atom is 0.0484 e. The predicted molar refractivity (Wildman–Crippen MR) is 76.8 cm³/mol. The Morgan fingerprint density at radius 1 is 1.12 bits per heavy atom. The number of hydrogen-bond acceptors (Lipinski definition) is 1. The SMILES string of the molecule is Cc1cc(CN)cc(-c2ccccc2Cl)c1.Cl. The standard InChI is InChI=1S/C14H14ClN.ClH/c1-10-6-11(9-16)8-12(7-10)13-4-2-3-5-14(13)15;/h2-8H,9,16H2,1H3;1H. The third-order valence-electron chi connectivity index (χ3n) is 2.56. The molecule has 0 saturated heterocycles. The molecule has 2 aromatic rings. The fraction of sp³-hybridized carbons (Fsp3) is 0.143. The molecule has 0 atom stereocenters. The summed E-state index contributed by atoms with van der Waals surface area (Å²) in [5, 5.41) is 0.774. The van der Waals surface area contributed by atoms with Gasteiger partial charge in [-0.3, -0.25) is 0 Å². The highest BCUT2D eigenvalue weighted by molar-refractivity contribution is 6.33. The molecule has 0 saturated carbocycles. The minimum atomic E-state index is 0. The van der Waals surface area contributed by atoms with Crippen LogP contribution in [-0.2, 0) is 6.54 Å². The lowest BCUT2D eigenvalue weighted by molar-refractivity contribution is 1.07. The summed E-state index contributed by atoms with van der Waals surface area (Å²) < 4.78 is 0. The topological polar surface area (TPSA) is 26.0 Å². The first-order chi connectivity index (χ1) is 7.70. The maximum atomic E-state index is 6.18. The van der Waals surface area contributed by atoms with E-state index in [-0.39, 0.29) is 12.4 Å². The van der Waals surface area contributed by atoms with Crippen molar-refractivity contribution in [1.82, 2.24) is 0 Å². The van der Waals surface area contributed by atoms with Crippen LogP contribution in [0.15, 0.2) is 42.5 Å². The van der Waals surface area contributed by atoms with Crippen LogP contribution in [-0.4, -0.2) is 0 Å². The van der Waals surface area contributed by atoms with Crippen molar-refractivity contribution in [1.29, 1.82) is 0 Å². The molecule has 0 aliphatic heterocycles. The Labute approximate surface area is 113 Å². The van der Waals surface area contributed by atoms with Crippen LogP contribution in [0.25, 0.3) is 11.1 Å². The van der Waals surface area contributed by atoms with E-state index in [4.69, 9.17) is 17.3 Å². The van der Waals surface area contributed by atoms with E-state index in [2.05, 4.69) is 25.1 Å². The van der Waals surface area contributed by atoms with Gasteiger partial charge in [0.05, 0.1) is 0 Å². The van der Waals surface area contributed by atoms with Gasteiger partial charge in [-0.2, -0.15) is 0 Å². The van der Waals surface area contributed by atoms with Gasteiger partial charge in [0.2, 0.25) is 0 Å². The molecule has 0 amide bonds. The molecule has 0 fully saturated rings. The van der Waals surface area contributed by atoms with Crippen molar-refractivity contribution >= 4 is 24.0 Å². The Balaban J connectivity index is 0.00000144. The highest BCUT2D eigenvalue weighted by Gasteiger charge is 2.04. The molecule has 0 aromatic heterocycles. The van der Waals surface area contributed by atoms with Crippen LogP contribution in [0.3, 0.4) is 0 Å². The van der Waals surface area contributed by atoms with E-state index in [1.54, 1.807) is 0 Å². The van der Waals surface area contributed by atoms with E-state index in [9.17, 15) is 0 Å². The van der Waals surface area contributed by atoms with Crippen LogP contribution in [0.5, 0.6) is 0 Å². The summed E-state index contributed by atoms with van der Waals surface area (Å²) >= 11 is 6.18. The van der Waals surface area contributed by atoms with Gasteiger partial charge in [-0.1, -0.05) is 47.5 Å². The Bertz CT molecular complexity index is 509.